The molecule has 7 nitrogen and oxygen atoms in total. The highest BCUT2D eigenvalue weighted by molar-refractivity contribution is 7.07. The second-order valence-corrected chi connectivity index (χ2v) is 5.01. The molecule has 0 atom stereocenters. The minimum atomic E-state index is -0.885. The van der Waals surface area contributed by atoms with Crippen LogP contribution in [0, 0.1) is 0 Å². The molecule has 0 aromatic carbocycles. The Balaban J connectivity index is 2.23. The summed E-state index contributed by atoms with van der Waals surface area (Å²) in [4.78, 5) is 38.9. The van der Waals surface area contributed by atoms with Gasteiger partial charge >= 0.3 is 12.0 Å². The summed E-state index contributed by atoms with van der Waals surface area (Å²) in [5.41, 5.74) is 2.44. The molecule has 0 saturated heterocycles. The van der Waals surface area contributed by atoms with Crippen LogP contribution >= 0.6 is 11.3 Å². The molecule has 0 radical (unpaired) electrons. The number of rotatable bonds is 7. The summed E-state index contributed by atoms with van der Waals surface area (Å²) in [5.74, 6) is -1.28. The van der Waals surface area contributed by atoms with Crippen LogP contribution in [0.5, 0.6) is 0 Å². The second-order valence-electron chi connectivity index (χ2n) is 4.29. The van der Waals surface area contributed by atoms with Crippen molar-refractivity contribution in [2.75, 3.05) is 7.05 Å². The first-order valence-electron chi connectivity index (χ1n) is 6.13. The Morgan fingerprint density at radius 2 is 2.05 bits per heavy atom. The molecule has 0 aliphatic heterocycles. The van der Waals surface area contributed by atoms with E-state index in [0.717, 1.165) is 5.69 Å². The maximum Gasteiger partial charge on any atom is 0.324 e. The highest BCUT2D eigenvalue weighted by Crippen LogP contribution is 2.04. The predicted octanol–water partition coefficient (Wildman–Crippen LogP) is 1.46. The molecule has 0 unspecified atom stereocenters. The summed E-state index contributed by atoms with van der Waals surface area (Å²) in [5, 5.41) is 12.5. The van der Waals surface area contributed by atoms with Gasteiger partial charge in [0, 0.05) is 25.3 Å². The number of nitrogens with zero attached hydrogens (tertiary/aromatic N) is 2. The first kappa shape index (κ1) is 16.1. The van der Waals surface area contributed by atoms with Crippen molar-refractivity contribution in [1.82, 2.24) is 15.2 Å². The van der Waals surface area contributed by atoms with Crippen LogP contribution in [0.3, 0.4) is 0 Å². The van der Waals surface area contributed by atoms with Crippen LogP contribution in [0.1, 0.15) is 31.4 Å². The summed E-state index contributed by atoms with van der Waals surface area (Å²) in [7, 11) is 1.58. The highest BCUT2D eigenvalue weighted by Gasteiger charge is 2.13. The Hall–Kier alpha value is -1.96. The monoisotopic (exact) mass is 299 g/mol. The molecular formula is C12H17N3O4S. The van der Waals surface area contributed by atoms with Gasteiger partial charge in [0.05, 0.1) is 17.7 Å². The van der Waals surface area contributed by atoms with Gasteiger partial charge in [-0.1, -0.05) is 0 Å². The van der Waals surface area contributed by atoms with Gasteiger partial charge < -0.3 is 10.0 Å². The predicted molar refractivity (Wildman–Crippen MR) is 73.2 cm³/mol. The maximum absolute atomic E-state index is 11.7. The van der Waals surface area contributed by atoms with Gasteiger partial charge in [0.15, 0.2) is 0 Å². The van der Waals surface area contributed by atoms with E-state index in [9.17, 15) is 14.4 Å². The number of hydrogen-bond acceptors (Lipinski definition) is 5. The molecular weight excluding hydrogens is 282 g/mol. The zero-order valence-electron chi connectivity index (χ0n) is 11.2. The second kappa shape index (κ2) is 8.26. The van der Waals surface area contributed by atoms with E-state index in [1.54, 1.807) is 12.6 Å². The number of imide groups is 1. The third-order valence-corrected chi connectivity index (χ3v) is 3.16. The lowest BCUT2D eigenvalue weighted by atomic mass is 10.2. The van der Waals surface area contributed by atoms with Crippen LogP contribution in [-0.4, -0.2) is 39.9 Å². The smallest absolute Gasteiger partial charge is 0.324 e. The number of carboxylic acids is 1. The SMILES string of the molecule is CN(Cc1cscn1)C(=O)NC(=O)CCCCC(=O)O. The minimum Gasteiger partial charge on any atom is -0.481 e. The number of carboxylic acid groups (broad SMARTS) is 1. The van der Waals surface area contributed by atoms with Gasteiger partial charge in [-0.3, -0.25) is 14.9 Å². The largest absolute Gasteiger partial charge is 0.481 e. The van der Waals surface area contributed by atoms with Gasteiger partial charge in [0.1, 0.15) is 0 Å². The lowest BCUT2D eigenvalue weighted by Gasteiger charge is -2.15. The van der Waals surface area contributed by atoms with E-state index < -0.39 is 17.9 Å². The molecule has 8 heteroatoms. The number of thiazole rings is 1. The molecule has 110 valence electrons. The highest BCUT2D eigenvalue weighted by atomic mass is 32.1. The quantitative estimate of drug-likeness (QED) is 0.742. The van der Waals surface area contributed by atoms with Gasteiger partial charge in [-0.15, -0.1) is 11.3 Å². The number of urea groups is 1. The lowest BCUT2D eigenvalue weighted by Crippen LogP contribution is -2.40. The van der Waals surface area contributed by atoms with Crippen molar-refractivity contribution in [3.05, 3.63) is 16.6 Å². The number of aromatic nitrogens is 1. The zero-order chi connectivity index (χ0) is 15.0. The van der Waals surface area contributed by atoms with E-state index in [2.05, 4.69) is 10.3 Å². The van der Waals surface area contributed by atoms with E-state index in [4.69, 9.17) is 5.11 Å². The number of carbonyl (C=O) groups excluding carboxylic acids is 2. The Morgan fingerprint density at radius 1 is 1.35 bits per heavy atom. The molecule has 0 spiro atoms. The number of unbranched alkanes of at least 4 members (excludes halogenated alkanes) is 1. The molecule has 0 saturated carbocycles. The van der Waals surface area contributed by atoms with Gasteiger partial charge in [0.2, 0.25) is 5.91 Å². The van der Waals surface area contributed by atoms with Crippen LogP contribution < -0.4 is 5.32 Å². The standard InChI is InChI=1S/C12H17N3O4S/c1-15(6-9-7-20-8-13-9)12(19)14-10(16)4-2-3-5-11(17)18/h7-8H,2-6H2,1H3,(H,17,18)(H,14,16,19). The molecule has 2 N–H and O–H groups in total. The third-order valence-electron chi connectivity index (χ3n) is 2.52. The van der Waals surface area contributed by atoms with Crippen molar-refractivity contribution in [3.8, 4) is 0 Å². The number of amides is 3. The van der Waals surface area contributed by atoms with Crippen LogP contribution in [-0.2, 0) is 16.1 Å². The molecule has 3 amide bonds. The fraction of sp³-hybridized carbons (Fsp3) is 0.500. The molecule has 0 fully saturated rings. The summed E-state index contributed by atoms with van der Waals surface area (Å²) >= 11 is 1.44. The van der Waals surface area contributed by atoms with Gasteiger partial charge in [0.25, 0.3) is 0 Å². The fourth-order valence-corrected chi connectivity index (χ4v) is 2.02. The lowest BCUT2D eigenvalue weighted by molar-refractivity contribution is -0.137. The Kier molecular flexibility index (Phi) is 6.65. The van der Waals surface area contributed by atoms with Crippen molar-refractivity contribution >= 4 is 29.2 Å². The van der Waals surface area contributed by atoms with E-state index in [-0.39, 0.29) is 12.8 Å². The number of carbonyl (C=O) groups is 3. The first-order chi connectivity index (χ1) is 9.49. The van der Waals surface area contributed by atoms with E-state index >= 15 is 0 Å². The average Bonchev–Trinajstić information content (AvgIpc) is 2.87. The Labute approximate surface area is 120 Å². The topological polar surface area (TPSA) is 99.6 Å². The Bertz CT molecular complexity index is 461. The van der Waals surface area contributed by atoms with Crippen LogP contribution in [0.25, 0.3) is 0 Å². The molecule has 1 heterocycles. The van der Waals surface area contributed by atoms with Crippen molar-refractivity contribution in [2.45, 2.75) is 32.2 Å². The van der Waals surface area contributed by atoms with Crippen LogP contribution in [0.2, 0.25) is 0 Å². The molecule has 1 aromatic heterocycles. The summed E-state index contributed by atoms with van der Waals surface area (Å²) in [6, 6.07) is -0.485. The number of aliphatic carboxylic acids is 1. The molecule has 1 aromatic rings. The molecule has 0 aliphatic rings. The summed E-state index contributed by atoms with van der Waals surface area (Å²) < 4.78 is 0. The van der Waals surface area contributed by atoms with E-state index in [1.807, 2.05) is 5.38 Å². The third kappa shape index (κ3) is 6.28. The molecule has 0 aliphatic carbocycles. The molecule has 0 bridgehead atoms. The van der Waals surface area contributed by atoms with Gasteiger partial charge in [-0.25, -0.2) is 9.78 Å². The van der Waals surface area contributed by atoms with Crippen molar-refractivity contribution in [3.63, 3.8) is 0 Å². The van der Waals surface area contributed by atoms with Gasteiger partial charge in [-0.2, -0.15) is 0 Å². The van der Waals surface area contributed by atoms with Crippen LogP contribution in [0.15, 0.2) is 10.9 Å². The Morgan fingerprint density at radius 3 is 2.65 bits per heavy atom. The average molecular weight is 299 g/mol. The molecule has 20 heavy (non-hydrogen) atoms. The summed E-state index contributed by atoms with van der Waals surface area (Å²) in [6.45, 7) is 0.335. The van der Waals surface area contributed by atoms with Crippen molar-refractivity contribution < 1.29 is 19.5 Å². The fourth-order valence-electron chi connectivity index (χ4n) is 1.47. The normalized spacial score (nSPS) is 10.1. The summed E-state index contributed by atoms with van der Waals surface area (Å²) in [6.07, 6.45) is 1.04. The van der Waals surface area contributed by atoms with Gasteiger partial charge in [-0.05, 0) is 12.8 Å². The van der Waals surface area contributed by atoms with Crippen molar-refractivity contribution in [2.24, 2.45) is 0 Å². The van der Waals surface area contributed by atoms with Crippen molar-refractivity contribution in [1.29, 1.82) is 0 Å². The molecule has 1 rings (SSSR count). The number of hydrogen-bond donors (Lipinski definition) is 2. The van der Waals surface area contributed by atoms with E-state index in [0.29, 0.717) is 19.4 Å². The number of nitrogens with one attached hydrogen (secondary N) is 1. The zero-order valence-corrected chi connectivity index (χ0v) is 12.0. The van der Waals surface area contributed by atoms with E-state index in [1.165, 1.54) is 16.2 Å². The first-order valence-corrected chi connectivity index (χ1v) is 7.07. The minimum absolute atomic E-state index is 0.0327. The van der Waals surface area contributed by atoms with Crippen LogP contribution in [0.4, 0.5) is 4.79 Å². The maximum atomic E-state index is 11.7.